The van der Waals surface area contributed by atoms with E-state index in [1.807, 2.05) is 35.2 Å². The summed E-state index contributed by atoms with van der Waals surface area (Å²) in [4.78, 5) is 26.4. The zero-order valence-electron chi connectivity index (χ0n) is 17.9. The molecular weight excluding hydrogens is 380 g/mol. The van der Waals surface area contributed by atoms with Crippen LogP contribution in [0.4, 0.5) is 0 Å². The Morgan fingerprint density at radius 3 is 2.53 bits per heavy atom. The Bertz CT molecular complexity index is 721. The second kappa shape index (κ2) is 9.82. The van der Waals surface area contributed by atoms with Gasteiger partial charge in [0.05, 0.1) is 18.8 Å². The van der Waals surface area contributed by atoms with Crippen molar-refractivity contribution in [3.05, 3.63) is 30.3 Å². The first kappa shape index (κ1) is 21.2. The summed E-state index contributed by atoms with van der Waals surface area (Å²) in [5.74, 6) is 2.70. The third-order valence-corrected chi connectivity index (χ3v) is 6.65. The number of para-hydroxylation sites is 1. The zero-order valence-corrected chi connectivity index (χ0v) is 17.9. The van der Waals surface area contributed by atoms with E-state index in [0.29, 0.717) is 30.8 Å². The average Bonchev–Trinajstić information content (AvgIpc) is 3.47. The molecule has 1 saturated heterocycles. The van der Waals surface area contributed by atoms with Crippen molar-refractivity contribution in [1.29, 1.82) is 0 Å². The number of rotatable bonds is 9. The smallest absolute Gasteiger partial charge is 0.222 e. The summed E-state index contributed by atoms with van der Waals surface area (Å²) in [6, 6.07) is 9.78. The van der Waals surface area contributed by atoms with Gasteiger partial charge in [-0.1, -0.05) is 18.2 Å². The predicted octanol–water partition coefficient (Wildman–Crippen LogP) is 3.01. The van der Waals surface area contributed by atoms with Crippen molar-refractivity contribution in [2.45, 2.75) is 57.6 Å². The van der Waals surface area contributed by atoms with E-state index < -0.39 is 0 Å². The number of ether oxygens (including phenoxy) is 2. The molecule has 2 amide bonds. The maximum Gasteiger partial charge on any atom is 0.222 e. The summed E-state index contributed by atoms with van der Waals surface area (Å²) < 4.78 is 11.9. The lowest BCUT2D eigenvalue weighted by Crippen LogP contribution is -2.50. The minimum Gasteiger partial charge on any atom is -0.494 e. The largest absolute Gasteiger partial charge is 0.494 e. The van der Waals surface area contributed by atoms with Crippen molar-refractivity contribution < 1.29 is 19.1 Å². The average molecular weight is 415 g/mol. The predicted molar refractivity (Wildman–Crippen MR) is 114 cm³/mol. The molecule has 30 heavy (non-hydrogen) atoms. The van der Waals surface area contributed by atoms with Crippen LogP contribution in [0.2, 0.25) is 0 Å². The van der Waals surface area contributed by atoms with Crippen molar-refractivity contribution in [1.82, 2.24) is 10.2 Å². The maximum atomic E-state index is 12.7. The Labute approximate surface area is 179 Å². The number of carbonyl (C=O) groups is 2. The molecule has 0 bridgehead atoms. The highest BCUT2D eigenvalue weighted by Crippen LogP contribution is 2.39. The molecule has 0 radical (unpaired) electrons. The van der Waals surface area contributed by atoms with Gasteiger partial charge in [-0.25, -0.2) is 0 Å². The molecule has 1 heterocycles. The number of benzene rings is 1. The molecule has 4 rings (SSSR count). The number of nitrogens with zero attached hydrogens (tertiary/aromatic N) is 1. The van der Waals surface area contributed by atoms with Gasteiger partial charge in [0.1, 0.15) is 5.75 Å². The summed E-state index contributed by atoms with van der Waals surface area (Å²) >= 11 is 0. The number of amides is 2. The van der Waals surface area contributed by atoms with Gasteiger partial charge in [-0.3, -0.25) is 9.59 Å². The highest BCUT2D eigenvalue weighted by molar-refractivity contribution is 5.76. The Morgan fingerprint density at radius 1 is 1.10 bits per heavy atom. The molecular formula is C24H34N2O4. The molecule has 164 valence electrons. The van der Waals surface area contributed by atoms with Crippen LogP contribution in [0.15, 0.2) is 30.3 Å². The van der Waals surface area contributed by atoms with Gasteiger partial charge in [-0.15, -0.1) is 0 Å². The minimum atomic E-state index is 0.00261. The van der Waals surface area contributed by atoms with Gasteiger partial charge in [-0.2, -0.15) is 0 Å². The van der Waals surface area contributed by atoms with Crippen molar-refractivity contribution in [2.75, 3.05) is 26.3 Å². The molecule has 4 atom stereocenters. The lowest BCUT2D eigenvalue weighted by atomic mass is 9.77. The van der Waals surface area contributed by atoms with E-state index in [2.05, 4.69) is 5.32 Å². The van der Waals surface area contributed by atoms with E-state index in [9.17, 15) is 9.59 Å². The Balaban J connectivity index is 1.24. The fourth-order valence-electron chi connectivity index (χ4n) is 4.85. The lowest BCUT2D eigenvalue weighted by molar-refractivity contribution is -0.130. The number of likely N-dealkylation sites (tertiary alicyclic amines) is 1. The summed E-state index contributed by atoms with van der Waals surface area (Å²) in [6.45, 7) is 4.56. The van der Waals surface area contributed by atoms with Crippen molar-refractivity contribution >= 4 is 11.8 Å². The first-order valence-corrected chi connectivity index (χ1v) is 11.4. The third kappa shape index (κ3) is 5.75. The van der Waals surface area contributed by atoms with Gasteiger partial charge >= 0.3 is 0 Å². The van der Waals surface area contributed by atoms with E-state index >= 15 is 0 Å². The molecule has 0 spiro atoms. The SMILES string of the molecule is CC(=O)N[C@@H]1C[C@@H]2CN(C(=O)CCCOc3ccccc3)C[C@@H]2C[C@H]1OCC1CC1. The number of carbonyl (C=O) groups excluding carboxylic acids is 2. The first-order chi connectivity index (χ1) is 14.6. The van der Waals surface area contributed by atoms with Gasteiger partial charge in [0.15, 0.2) is 0 Å². The van der Waals surface area contributed by atoms with Crippen LogP contribution in [-0.4, -0.2) is 55.2 Å². The number of fused-ring (bicyclic) bond motifs is 1. The van der Waals surface area contributed by atoms with Crippen LogP contribution < -0.4 is 10.1 Å². The van der Waals surface area contributed by atoms with Crippen LogP contribution in [0.1, 0.15) is 45.4 Å². The van der Waals surface area contributed by atoms with Crippen LogP contribution in [0, 0.1) is 17.8 Å². The van der Waals surface area contributed by atoms with Crippen molar-refractivity contribution in [3.8, 4) is 5.75 Å². The van der Waals surface area contributed by atoms with Crippen LogP contribution in [0.5, 0.6) is 5.75 Å². The fourth-order valence-corrected chi connectivity index (χ4v) is 4.85. The quantitative estimate of drug-likeness (QED) is 0.631. The van der Waals surface area contributed by atoms with Gasteiger partial charge in [-0.05, 0) is 62.0 Å². The molecule has 6 nitrogen and oxygen atoms in total. The van der Waals surface area contributed by atoms with E-state index in [4.69, 9.17) is 9.47 Å². The zero-order chi connectivity index (χ0) is 20.9. The van der Waals surface area contributed by atoms with E-state index in [1.54, 1.807) is 6.92 Å². The van der Waals surface area contributed by atoms with E-state index in [0.717, 1.165) is 44.7 Å². The molecule has 0 unspecified atom stereocenters. The lowest BCUT2D eigenvalue weighted by Gasteiger charge is -2.38. The topological polar surface area (TPSA) is 67.9 Å². The summed E-state index contributed by atoms with van der Waals surface area (Å²) in [5.41, 5.74) is 0. The summed E-state index contributed by atoms with van der Waals surface area (Å²) in [7, 11) is 0. The Morgan fingerprint density at radius 2 is 1.83 bits per heavy atom. The molecule has 1 N–H and O–H groups in total. The Kier molecular flexibility index (Phi) is 6.93. The first-order valence-electron chi connectivity index (χ1n) is 11.4. The number of hydrogen-bond acceptors (Lipinski definition) is 4. The molecule has 1 aromatic rings. The maximum absolute atomic E-state index is 12.7. The molecule has 6 heteroatoms. The van der Waals surface area contributed by atoms with Gasteiger partial charge in [0.25, 0.3) is 0 Å². The highest BCUT2D eigenvalue weighted by Gasteiger charge is 2.44. The standard InChI is InChI=1S/C24H34N2O4/c1-17(27)25-22-12-19-14-26(15-20(19)13-23(22)30-16-18-9-10-18)24(28)8-5-11-29-21-6-3-2-4-7-21/h2-4,6-7,18-20,22-23H,5,8-16H2,1H3,(H,25,27)/t19-,20+,22-,23-/m1/s1. The van der Waals surface area contributed by atoms with Crippen LogP contribution in [0.3, 0.4) is 0 Å². The number of hydrogen-bond donors (Lipinski definition) is 1. The Hall–Kier alpha value is -2.08. The van der Waals surface area contributed by atoms with Crippen LogP contribution in [0.25, 0.3) is 0 Å². The summed E-state index contributed by atoms with van der Waals surface area (Å²) in [6.07, 6.45) is 5.68. The molecule has 1 aromatic carbocycles. The third-order valence-electron chi connectivity index (χ3n) is 6.65. The number of nitrogens with one attached hydrogen (secondary N) is 1. The van der Waals surface area contributed by atoms with Gasteiger partial charge < -0.3 is 19.7 Å². The van der Waals surface area contributed by atoms with Crippen LogP contribution in [-0.2, 0) is 14.3 Å². The van der Waals surface area contributed by atoms with E-state index in [-0.39, 0.29) is 24.0 Å². The molecule has 2 saturated carbocycles. The van der Waals surface area contributed by atoms with Gasteiger partial charge in [0.2, 0.25) is 11.8 Å². The highest BCUT2D eigenvalue weighted by atomic mass is 16.5. The normalized spacial score (nSPS) is 28.1. The van der Waals surface area contributed by atoms with E-state index in [1.165, 1.54) is 12.8 Å². The molecule has 0 aromatic heterocycles. The van der Waals surface area contributed by atoms with Crippen LogP contribution >= 0.6 is 0 Å². The van der Waals surface area contributed by atoms with Crippen molar-refractivity contribution in [2.24, 2.45) is 17.8 Å². The second-order valence-corrected chi connectivity index (χ2v) is 9.18. The minimum absolute atomic E-state index is 0.00261. The monoisotopic (exact) mass is 414 g/mol. The molecule has 2 aliphatic carbocycles. The second-order valence-electron chi connectivity index (χ2n) is 9.18. The molecule has 3 aliphatic rings. The fraction of sp³-hybridized carbons (Fsp3) is 0.667. The molecule has 1 aliphatic heterocycles. The summed E-state index contributed by atoms with van der Waals surface area (Å²) in [5, 5.41) is 3.11. The van der Waals surface area contributed by atoms with Crippen molar-refractivity contribution in [3.63, 3.8) is 0 Å². The molecule has 3 fully saturated rings. The van der Waals surface area contributed by atoms with Gasteiger partial charge in [0, 0.05) is 33.0 Å².